The Balaban J connectivity index is 2.61. The molecule has 1 heteroatoms. The molecule has 0 aliphatic carbocycles. The normalized spacial score (nSPS) is 13.8. The molecule has 0 amide bonds. The van der Waals surface area contributed by atoms with Crippen LogP contribution >= 0.6 is 0 Å². The monoisotopic (exact) mass is 261 g/mol. The Kier molecular flexibility index (Phi) is 6.06. The molecule has 1 nitrogen and oxygen atoms in total. The van der Waals surface area contributed by atoms with E-state index in [4.69, 9.17) is 0 Å². The summed E-state index contributed by atoms with van der Waals surface area (Å²) in [4.78, 5) is 0. The summed E-state index contributed by atoms with van der Waals surface area (Å²) < 4.78 is 0. The van der Waals surface area contributed by atoms with Gasteiger partial charge in [-0.25, -0.2) is 0 Å². The molecule has 0 saturated carbocycles. The van der Waals surface area contributed by atoms with Crippen molar-refractivity contribution in [3.05, 3.63) is 35.4 Å². The number of hydrogen-bond acceptors (Lipinski definition) is 1. The summed E-state index contributed by atoms with van der Waals surface area (Å²) in [5.74, 6) is 0.621. The predicted molar refractivity (Wildman–Crippen MR) is 85.8 cm³/mol. The third kappa shape index (κ3) is 5.78. The molecule has 0 fully saturated rings. The quantitative estimate of drug-likeness (QED) is 0.745. The summed E-state index contributed by atoms with van der Waals surface area (Å²) in [5.41, 5.74) is 3.24. The van der Waals surface area contributed by atoms with Gasteiger partial charge in [-0.3, -0.25) is 0 Å². The highest BCUT2D eigenvalue weighted by molar-refractivity contribution is 5.25. The molecule has 108 valence electrons. The van der Waals surface area contributed by atoms with Crippen LogP contribution in [-0.4, -0.2) is 12.6 Å². The van der Waals surface area contributed by atoms with Gasteiger partial charge in [0.15, 0.2) is 0 Å². The molecular formula is C18H31N. The minimum Gasteiger partial charge on any atom is -0.315 e. The summed E-state index contributed by atoms with van der Waals surface area (Å²) in [7, 11) is 0. The van der Waals surface area contributed by atoms with Crippen LogP contribution in [0.25, 0.3) is 0 Å². The van der Waals surface area contributed by atoms with Crippen molar-refractivity contribution in [2.75, 3.05) is 6.54 Å². The van der Waals surface area contributed by atoms with Crippen LogP contribution in [0.4, 0.5) is 0 Å². The minimum atomic E-state index is 0.348. The Hall–Kier alpha value is -0.820. The van der Waals surface area contributed by atoms with Gasteiger partial charge in [-0.2, -0.15) is 0 Å². The van der Waals surface area contributed by atoms with Crippen molar-refractivity contribution in [1.82, 2.24) is 5.32 Å². The van der Waals surface area contributed by atoms with Gasteiger partial charge in [0, 0.05) is 6.04 Å². The number of benzene rings is 1. The van der Waals surface area contributed by atoms with E-state index in [2.05, 4.69) is 71.1 Å². The summed E-state index contributed by atoms with van der Waals surface area (Å²) >= 11 is 0. The van der Waals surface area contributed by atoms with Gasteiger partial charge in [0.05, 0.1) is 0 Å². The standard InChI is InChI=1S/C18H31N/c1-7-19-15(4)12-18(5,6)13-16-8-10-17(11-9-16)14(2)3/h8-11,14-15,19H,7,12-13H2,1-6H3. The SMILES string of the molecule is CCNC(C)CC(C)(C)Cc1ccc(C(C)C)cc1. The highest BCUT2D eigenvalue weighted by atomic mass is 14.9. The topological polar surface area (TPSA) is 12.0 Å². The maximum absolute atomic E-state index is 3.51. The molecule has 0 saturated heterocycles. The lowest BCUT2D eigenvalue weighted by Gasteiger charge is -2.28. The van der Waals surface area contributed by atoms with Crippen molar-refractivity contribution in [2.24, 2.45) is 5.41 Å². The maximum Gasteiger partial charge on any atom is 0.00438 e. The smallest absolute Gasteiger partial charge is 0.00438 e. The molecule has 0 spiro atoms. The molecule has 0 aliphatic heterocycles. The van der Waals surface area contributed by atoms with Gasteiger partial charge in [0.1, 0.15) is 0 Å². The minimum absolute atomic E-state index is 0.348. The molecule has 19 heavy (non-hydrogen) atoms. The molecule has 1 N–H and O–H groups in total. The summed E-state index contributed by atoms with van der Waals surface area (Å²) in [6.07, 6.45) is 2.37. The molecule has 0 heterocycles. The zero-order chi connectivity index (χ0) is 14.5. The predicted octanol–water partition coefficient (Wildman–Crippen LogP) is 4.77. The first kappa shape index (κ1) is 16.2. The molecule has 1 aromatic carbocycles. The van der Waals surface area contributed by atoms with Crippen LogP contribution in [0.2, 0.25) is 0 Å². The van der Waals surface area contributed by atoms with Crippen molar-refractivity contribution >= 4 is 0 Å². The van der Waals surface area contributed by atoms with Crippen LogP contribution in [0, 0.1) is 5.41 Å². The molecule has 1 atom stereocenters. The zero-order valence-electron chi connectivity index (χ0n) is 13.6. The fourth-order valence-corrected chi connectivity index (χ4v) is 2.89. The molecule has 0 aromatic heterocycles. The average Bonchev–Trinajstić information content (AvgIpc) is 2.28. The third-order valence-electron chi connectivity index (χ3n) is 3.74. The first-order valence-corrected chi connectivity index (χ1v) is 7.66. The molecule has 0 radical (unpaired) electrons. The van der Waals surface area contributed by atoms with Crippen LogP contribution in [0.3, 0.4) is 0 Å². The van der Waals surface area contributed by atoms with Gasteiger partial charge < -0.3 is 5.32 Å². The highest BCUT2D eigenvalue weighted by Crippen LogP contribution is 2.28. The van der Waals surface area contributed by atoms with E-state index in [-0.39, 0.29) is 0 Å². The number of rotatable bonds is 7. The van der Waals surface area contributed by atoms with E-state index in [1.54, 1.807) is 0 Å². The molecule has 1 aromatic rings. The second-order valence-corrected chi connectivity index (χ2v) is 6.90. The Morgan fingerprint density at radius 3 is 2.11 bits per heavy atom. The number of hydrogen-bond donors (Lipinski definition) is 1. The molecule has 1 unspecified atom stereocenters. The Bertz CT molecular complexity index is 362. The molecular weight excluding hydrogens is 230 g/mol. The van der Waals surface area contributed by atoms with E-state index in [0.29, 0.717) is 17.4 Å². The van der Waals surface area contributed by atoms with Crippen LogP contribution in [0.5, 0.6) is 0 Å². The van der Waals surface area contributed by atoms with E-state index in [1.807, 2.05) is 0 Å². The van der Waals surface area contributed by atoms with Crippen molar-refractivity contribution < 1.29 is 0 Å². The van der Waals surface area contributed by atoms with Crippen LogP contribution < -0.4 is 5.32 Å². The van der Waals surface area contributed by atoms with Gasteiger partial charge in [-0.1, -0.05) is 58.9 Å². The zero-order valence-corrected chi connectivity index (χ0v) is 13.6. The van der Waals surface area contributed by atoms with Gasteiger partial charge in [-0.05, 0) is 48.8 Å². The molecule has 1 rings (SSSR count). The van der Waals surface area contributed by atoms with Gasteiger partial charge in [-0.15, -0.1) is 0 Å². The van der Waals surface area contributed by atoms with Crippen LogP contribution in [0.1, 0.15) is 65.0 Å². The van der Waals surface area contributed by atoms with Crippen molar-refractivity contribution in [2.45, 2.75) is 66.3 Å². The lowest BCUT2D eigenvalue weighted by atomic mass is 9.80. The lowest BCUT2D eigenvalue weighted by Crippen LogP contribution is -2.32. The fraction of sp³-hybridized carbons (Fsp3) is 0.667. The second kappa shape index (κ2) is 7.09. The maximum atomic E-state index is 3.51. The van der Waals surface area contributed by atoms with Gasteiger partial charge in [0.25, 0.3) is 0 Å². The molecule has 0 bridgehead atoms. The van der Waals surface area contributed by atoms with Crippen molar-refractivity contribution in [3.8, 4) is 0 Å². The van der Waals surface area contributed by atoms with Crippen LogP contribution in [0.15, 0.2) is 24.3 Å². The Labute approximate surface area is 119 Å². The van der Waals surface area contributed by atoms with E-state index in [0.717, 1.165) is 13.0 Å². The number of nitrogens with one attached hydrogen (secondary N) is 1. The largest absolute Gasteiger partial charge is 0.315 e. The first-order chi connectivity index (χ1) is 8.84. The Morgan fingerprint density at radius 2 is 1.63 bits per heavy atom. The van der Waals surface area contributed by atoms with Crippen LogP contribution in [-0.2, 0) is 6.42 Å². The summed E-state index contributed by atoms with van der Waals surface area (Å²) in [6.45, 7) is 14.8. The van der Waals surface area contributed by atoms with E-state index in [9.17, 15) is 0 Å². The Morgan fingerprint density at radius 1 is 1.05 bits per heavy atom. The molecule has 0 aliphatic rings. The van der Waals surface area contributed by atoms with E-state index >= 15 is 0 Å². The lowest BCUT2D eigenvalue weighted by molar-refractivity contribution is 0.289. The fourth-order valence-electron chi connectivity index (χ4n) is 2.89. The second-order valence-electron chi connectivity index (χ2n) is 6.90. The third-order valence-corrected chi connectivity index (χ3v) is 3.74. The van der Waals surface area contributed by atoms with Crippen molar-refractivity contribution in [1.29, 1.82) is 0 Å². The summed E-state index contributed by atoms with van der Waals surface area (Å²) in [5, 5.41) is 3.51. The first-order valence-electron chi connectivity index (χ1n) is 7.66. The van der Waals surface area contributed by atoms with Gasteiger partial charge in [0.2, 0.25) is 0 Å². The summed E-state index contributed by atoms with van der Waals surface area (Å²) in [6, 6.07) is 9.76. The van der Waals surface area contributed by atoms with E-state index < -0.39 is 0 Å². The highest BCUT2D eigenvalue weighted by Gasteiger charge is 2.21. The van der Waals surface area contributed by atoms with Crippen molar-refractivity contribution in [3.63, 3.8) is 0 Å². The van der Waals surface area contributed by atoms with E-state index in [1.165, 1.54) is 17.5 Å². The van der Waals surface area contributed by atoms with Gasteiger partial charge >= 0.3 is 0 Å². The average molecular weight is 261 g/mol.